The van der Waals surface area contributed by atoms with Gasteiger partial charge in [-0.2, -0.15) is 0 Å². The fourth-order valence-electron chi connectivity index (χ4n) is 5.85. The van der Waals surface area contributed by atoms with Crippen molar-refractivity contribution in [1.82, 2.24) is 35.7 Å². The molecule has 0 bridgehead atoms. The summed E-state index contributed by atoms with van der Waals surface area (Å²) in [5.41, 5.74) is 13.8. The number of nitrogens with two attached hydrogens (primary N) is 1. The molecule has 224 valence electrons. The number of piperidine rings is 1. The highest BCUT2D eigenvalue weighted by atomic mass is 16.5. The largest absolute Gasteiger partial charge is 0.360 e. The molecular formula is C32H38N8O3. The lowest BCUT2D eigenvalue weighted by Crippen LogP contribution is -2.62. The van der Waals surface area contributed by atoms with E-state index in [2.05, 4.69) is 20.9 Å². The molecule has 2 aromatic heterocycles. The predicted octanol–water partition coefficient (Wildman–Crippen LogP) is 2.35. The maximum atomic E-state index is 13.6. The summed E-state index contributed by atoms with van der Waals surface area (Å²) in [6.45, 7) is 3.42. The van der Waals surface area contributed by atoms with Crippen LogP contribution in [0.2, 0.25) is 0 Å². The van der Waals surface area contributed by atoms with Crippen LogP contribution >= 0.6 is 0 Å². The summed E-state index contributed by atoms with van der Waals surface area (Å²) >= 11 is 0. The number of nitrogens with zero attached hydrogens (tertiary/aromatic N) is 5. The second-order valence-electron chi connectivity index (χ2n) is 11.3. The molecule has 43 heavy (non-hydrogen) atoms. The summed E-state index contributed by atoms with van der Waals surface area (Å²) in [5, 5.41) is 10.5. The van der Waals surface area contributed by atoms with Crippen molar-refractivity contribution >= 4 is 22.7 Å². The Morgan fingerprint density at radius 1 is 1.09 bits per heavy atom. The number of aromatic nitrogens is 2. The van der Waals surface area contributed by atoms with Gasteiger partial charge in [0.15, 0.2) is 5.76 Å². The molecule has 0 saturated carbocycles. The quantitative estimate of drug-likeness (QED) is 0.241. The maximum absolute atomic E-state index is 13.6. The zero-order chi connectivity index (χ0) is 29.6. The van der Waals surface area contributed by atoms with Crippen molar-refractivity contribution < 1.29 is 14.1 Å². The van der Waals surface area contributed by atoms with E-state index in [-0.39, 0.29) is 31.4 Å². The third kappa shape index (κ3) is 7.08. The minimum atomic E-state index is -0.619. The van der Waals surface area contributed by atoms with Crippen molar-refractivity contribution in [2.24, 2.45) is 5.73 Å². The number of carbonyl (C=O) groups is 2. The molecule has 4 N–H and O–H groups in total. The third-order valence-electron chi connectivity index (χ3n) is 8.24. The average Bonchev–Trinajstić information content (AvgIpc) is 3.51. The lowest BCUT2D eigenvalue weighted by atomic mass is 9.95. The number of amides is 2. The highest BCUT2D eigenvalue weighted by molar-refractivity contribution is 5.88. The summed E-state index contributed by atoms with van der Waals surface area (Å²) in [5.74, 6) is 0.684. The van der Waals surface area contributed by atoms with Crippen LogP contribution in [0.3, 0.4) is 0 Å². The fourth-order valence-corrected chi connectivity index (χ4v) is 5.85. The van der Waals surface area contributed by atoms with Gasteiger partial charge in [0, 0.05) is 36.7 Å². The van der Waals surface area contributed by atoms with Gasteiger partial charge in [0.1, 0.15) is 6.54 Å². The van der Waals surface area contributed by atoms with Crippen LogP contribution in [0.25, 0.3) is 10.9 Å². The molecule has 11 nitrogen and oxygen atoms in total. The van der Waals surface area contributed by atoms with E-state index in [1.165, 1.54) is 4.90 Å². The lowest BCUT2D eigenvalue weighted by Gasteiger charge is -2.40. The zero-order valence-corrected chi connectivity index (χ0v) is 24.2. The van der Waals surface area contributed by atoms with Crippen LogP contribution in [0.5, 0.6) is 0 Å². The molecule has 2 aliphatic rings. The number of benzene rings is 2. The number of rotatable bonds is 10. The number of hydrazine groups is 1. The molecule has 6 rings (SSSR count). The Morgan fingerprint density at radius 2 is 1.93 bits per heavy atom. The Labute approximate surface area is 251 Å². The van der Waals surface area contributed by atoms with Crippen LogP contribution in [0, 0.1) is 0 Å². The first-order valence-corrected chi connectivity index (χ1v) is 14.9. The number of fused-ring (bicyclic) bond motifs is 1. The van der Waals surface area contributed by atoms with Gasteiger partial charge < -0.3 is 25.4 Å². The molecule has 1 unspecified atom stereocenters. The minimum Gasteiger partial charge on any atom is -0.360 e. The molecule has 2 fully saturated rings. The molecule has 0 spiro atoms. The molecule has 4 heterocycles. The van der Waals surface area contributed by atoms with Gasteiger partial charge in [-0.05, 0) is 49.2 Å². The number of carbonyl (C=O) groups excluding carboxylic acids is 2. The monoisotopic (exact) mass is 582 g/mol. The summed E-state index contributed by atoms with van der Waals surface area (Å²) in [6.07, 6.45) is 3.18. The Morgan fingerprint density at radius 3 is 2.77 bits per heavy atom. The van der Waals surface area contributed by atoms with Crippen LogP contribution in [-0.2, 0) is 29.2 Å². The van der Waals surface area contributed by atoms with Crippen molar-refractivity contribution in [3.8, 4) is 0 Å². The van der Waals surface area contributed by atoms with Gasteiger partial charge in [0.05, 0.1) is 37.0 Å². The Balaban J connectivity index is 1.11. The topological polar surface area (TPSA) is 133 Å². The average molecular weight is 583 g/mol. The Bertz CT molecular complexity index is 1530. The Hall–Kier alpha value is -4.16. The summed E-state index contributed by atoms with van der Waals surface area (Å²) in [7, 11) is 0. The molecule has 2 saturated heterocycles. The molecule has 2 aliphatic heterocycles. The maximum Gasteiger partial charge on any atom is 0.242 e. The Kier molecular flexibility index (Phi) is 9.04. The molecule has 0 aliphatic carbocycles. The second-order valence-corrected chi connectivity index (χ2v) is 11.3. The van der Waals surface area contributed by atoms with Gasteiger partial charge in [-0.1, -0.05) is 53.7 Å². The zero-order valence-electron chi connectivity index (χ0n) is 24.2. The van der Waals surface area contributed by atoms with Crippen LogP contribution in [0.15, 0.2) is 77.4 Å². The number of nitrogens with one attached hydrogen (secondary N) is 2. The van der Waals surface area contributed by atoms with Crippen molar-refractivity contribution in [3.05, 3.63) is 95.5 Å². The number of piperazine rings is 1. The van der Waals surface area contributed by atoms with Gasteiger partial charge in [-0.15, -0.1) is 0 Å². The van der Waals surface area contributed by atoms with Gasteiger partial charge in [0.25, 0.3) is 0 Å². The van der Waals surface area contributed by atoms with Crippen molar-refractivity contribution in [1.29, 1.82) is 0 Å². The van der Waals surface area contributed by atoms with E-state index in [1.54, 1.807) is 11.1 Å². The van der Waals surface area contributed by atoms with E-state index >= 15 is 0 Å². The molecule has 11 heteroatoms. The van der Waals surface area contributed by atoms with Crippen LogP contribution in [0.1, 0.15) is 41.3 Å². The molecule has 2 aromatic carbocycles. The first-order chi connectivity index (χ1) is 21.0. The smallest absolute Gasteiger partial charge is 0.242 e. The highest BCUT2D eigenvalue weighted by Gasteiger charge is 2.34. The first kappa shape index (κ1) is 28.9. The SMILES string of the molecule is NC1CN(Cc2cccc3ncccc23)C(=O)CN1C(=O)CN(Cc1cc(C2CCNCC2)no1)NCc1ccccc1. The van der Waals surface area contributed by atoms with Crippen LogP contribution in [-0.4, -0.2) is 75.7 Å². The molecule has 0 radical (unpaired) electrons. The molecule has 4 aromatic rings. The third-order valence-corrected chi connectivity index (χ3v) is 8.24. The van der Waals surface area contributed by atoms with E-state index in [9.17, 15) is 9.59 Å². The van der Waals surface area contributed by atoms with Crippen LogP contribution < -0.4 is 16.5 Å². The standard InChI is InChI=1S/C32H38N8O3/c33-30-20-38(18-25-8-4-10-28-27(25)9-5-13-35-28)31(41)22-40(30)32(42)21-39(36-17-23-6-2-1-3-7-23)19-26-16-29(37-43-26)24-11-14-34-15-12-24/h1-10,13,16,24,30,34,36H,11-12,14-15,17-22,33H2. The minimum absolute atomic E-state index is 0.0200. The molecule has 2 amide bonds. The highest BCUT2D eigenvalue weighted by Crippen LogP contribution is 2.25. The van der Waals surface area contributed by atoms with Crippen molar-refractivity contribution in [2.45, 2.75) is 44.6 Å². The van der Waals surface area contributed by atoms with Gasteiger partial charge in [-0.25, -0.2) is 10.4 Å². The van der Waals surface area contributed by atoms with E-state index in [1.807, 2.05) is 71.7 Å². The van der Waals surface area contributed by atoms with E-state index < -0.39 is 6.17 Å². The van der Waals surface area contributed by atoms with E-state index in [0.717, 1.165) is 53.7 Å². The van der Waals surface area contributed by atoms with E-state index in [4.69, 9.17) is 10.3 Å². The van der Waals surface area contributed by atoms with Gasteiger partial charge in [-0.3, -0.25) is 14.6 Å². The number of hydrogen-bond acceptors (Lipinski definition) is 9. The summed E-state index contributed by atoms with van der Waals surface area (Å²) < 4.78 is 5.70. The number of hydrogen-bond donors (Lipinski definition) is 3. The van der Waals surface area contributed by atoms with Crippen molar-refractivity contribution in [3.63, 3.8) is 0 Å². The summed E-state index contributed by atoms with van der Waals surface area (Å²) in [4.78, 5) is 34.4. The lowest BCUT2D eigenvalue weighted by molar-refractivity contribution is -0.150. The first-order valence-electron chi connectivity index (χ1n) is 14.9. The molecular weight excluding hydrogens is 544 g/mol. The predicted molar refractivity (Wildman–Crippen MR) is 162 cm³/mol. The van der Waals surface area contributed by atoms with Gasteiger partial charge in [0.2, 0.25) is 11.8 Å². The van der Waals surface area contributed by atoms with E-state index in [0.29, 0.717) is 31.3 Å². The van der Waals surface area contributed by atoms with Gasteiger partial charge >= 0.3 is 0 Å². The normalized spacial score (nSPS) is 18.1. The van der Waals surface area contributed by atoms with Crippen molar-refractivity contribution in [2.75, 3.05) is 32.7 Å². The summed E-state index contributed by atoms with van der Waals surface area (Å²) in [6, 6.07) is 21.8. The number of pyridine rings is 1. The molecule has 1 atom stereocenters. The second kappa shape index (κ2) is 13.4. The fraction of sp³-hybridized carbons (Fsp3) is 0.375. The van der Waals surface area contributed by atoms with Crippen LogP contribution in [0.4, 0.5) is 0 Å².